The van der Waals surface area contributed by atoms with Crippen molar-refractivity contribution in [2.75, 3.05) is 13.1 Å². The van der Waals surface area contributed by atoms with Gasteiger partial charge in [-0.3, -0.25) is 9.69 Å². The molecule has 5 rings (SSSR count). The second kappa shape index (κ2) is 6.61. The highest BCUT2D eigenvalue weighted by molar-refractivity contribution is 5.22. The van der Waals surface area contributed by atoms with Crippen LogP contribution >= 0.6 is 0 Å². The summed E-state index contributed by atoms with van der Waals surface area (Å²) >= 11 is 0. The number of hydrogen-bond donors (Lipinski definition) is 0. The molecule has 1 aliphatic carbocycles. The molecule has 2 aromatic rings. The topological polar surface area (TPSA) is 68.8 Å². The molecule has 0 atom stereocenters. The van der Waals surface area contributed by atoms with Crippen molar-refractivity contribution in [1.29, 1.82) is 0 Å². The summed E-state index contributed by atoms with van der Waals surface area (Å²) in [6.07, 6.45) is 7.97. The summed E-state index contributed by atoms with van der Waals surface area (Å²) in [6, 6.07) is 1.80. The molecule has 0 aromatic carbocycles. The van der Waals surface area contributed by atoms with Crippen LogP contribution < -0.4 is 5.56 Å². The maximum atomic E-state index is 12.3. The average molecular weight is 354 g/mol. The van der Waals surface area contributed by atoms with Gasteiger partial charge >= 0.3 is 0 Å². The molecule has 2 aliphatic heterocycles. The van der Waals surface area contributed by atoms with Crippen molar-refractivity contribution in [2.45, 2.75) is 64.6 Å². The van der Waals surface area contributed by atoms with Crippen molar-refractivity contribution in [1.82, 2.24) is 29.4 Å². The Kier molecular flexibility index (Phi) is 4.11. The first-order valence-electron chi connectivity index (χ1n) is 9.99. The quantitative estimate of drug-likeness (QED) is 0.825. The molecule has 0 spiro atoms. The molecular weight excluding hydrogens is 328 g/mol. The Morgan fingerprint density at radius 1 is 1.04 bits per heavy atom. The standard InChI is InChI=1S/C19H26N6O/c26-19-9-15-5-4-6-16(15)22-25(19)12-14-10-23(11-14)13-18-21-20-17-7-2-1-3-8-24(17)18/h9,14H,1-8,10-13H2. The summed E-state index contributed by atoms with van der Waals surface area (Å²) in [5.74, 6) is 2.77. The lowest BCUT2D eigenvalue weighted by Gasteiger charge is -2.38. The zero-order valence-corrected chi connectivity index (χ0v) is 15.2. The van der Waals surface area contributed by atoms with E-state index in [2.05, 4.69) is 24.8 Å². The maximum Gasteiger partial charge on any atom is 0.267 e. The fraction of sp³-hybridized carbons (Fsp3) is 0.684. The lowest BCUT2D eigenvalue weighted by atomic mass is 10.0. The van der Waals surface area contributed by atoms with E-state index in [1.54, 1.807) is 10.7 Å². The van der Waals surface area contributed by atoms with Crippen LogP contribution in [-0.2, 0) is 38.9 Å². The van der Waals surface area contributed by atoms with Crippen molar-refractivity contribution in [2.24, 2.45) is 5.92 Å². The Bertz CT molecular complexity index is 863. The van der Waals surface area contributed by atoms with Gasteiger partial charge in [-0.1, -0.05) is 6.42 Å². The van der Waals surface area contributed by atoms with Crippen molar-refractivity contribution in [3.8, 4) is 0 Å². The molecule has 0 bridgehead atoms. The summed E-state index contributed by atoms with van der Waals surface area (Å²) in [6.45, 7) is 4.68. The first-order chi connectivity index (χ1) is 12.8. The van der Waals surface area contributed by atoms with E-state index in [1.165, 1.54) is 19.3 Å². The Hall–Kier alpha value is -2.02. The van der Waals surface area contributed by atoms with E-state index in [0.29, 0.717) is 5.92 Å². The fourth-order valence-corrected chi connectivity index (χ4v) is 4.60. The second-order valence-electron chi connectivity index (χ2n) is 8.05. The van der Waals surface area contributed by atoms with E-state index in [9.17, 15) is 4.79 Å². The molecule has 0 unspecified atom stereocenters. The van der Waals surface area contributed by atoms with Crippen LogP contribution in [0.15, 0.2) is 10.9 Å². The zero-order valence-electron chi connectivity index (χ0n) is 15.2. The Morgan fingerprint density at radius 3 is 2.88 bits per heavy atom. The largest absolute Gasteiger partial charge is 0.314 e. The molecule has 0 amide bonds. The van der Waals surface area contributed by atoms with Crippen LogP contribution in [0.25, 0.3) is 0 Å². The molecule has 7 heteroatoms. The highest BCUT2D eigenvalue weighted by atomic mass is 16.1. The minimum absolute atomic E-state index is 0.0619. The maximum absolute atomic E-state index is 12.3. The molecule has 0 N–H and O–H groups in total. The van der Waals surface area contributed by atoms with Crippen LogP contribution in [0.2, 0.25) is 0 Å². The molecule has 26 heavy (non-hydrogen) atoms. The smallest absolute Gasteiger partial charge is 0.267 e. The van der Waals surface area contributed by atoms with Crippen molar-refractivity contribution in [3.05, 3.63) is 39.3 Å². The third-order valence-corrected chi connectivity index (χ3v) is 6.04. The van der Waals surface area contributed by atoms with Gasteiger partial charge in [-0.2, -0.15) is 5.10 Å². The number of fused-ring (bicyclic) bond motifs is 2. The van der Waals surface area contributed by atoms with E-state index in [0.717, 1.165) is 81.3 Å². The summed E-state index contributed by atoms with van der Waals surface area (Å²) in [5, 5.41) is 13.4. The number of hydrogen-bond acceptors (Lipinski definition) is 5. The van der Waals surface area contributed by atoms with Gasteiger partial charge < -0.3 is 4.57 Å². The molecular formula is C19H26N6O. The molecule has 1 fully saturated rings. The van der Waals surface area contributed by atoms with E-state index < -0.39 is 0 Å². The Balaban J connectivity index is 1.20. The third kappa shape index (κ3) is 2.98. The number of rotatable bonds is 4. The normalized spacial score (nSPS) is 20.5. The van der Waals surface area contributed by atoms with Crippen LogP contribution in [-0.4, -0.2) is 42.5 Å². The molecule has 0 saturated carbocycles. The minimum atomic E-state index is 0.0619. The van der Waals surface area contributed by atoms with Crippen molar-refractivity contribution < 1.29 is 0 Å². The summed E-state index contributed by atoms with van der Waals surface area (Å²) in [7, 11) is 0. The molecule has 4 heterocycles. The van der Waals surface area contributed by atoms with Gasteiger partial charge in [0.2, 0.25) is 0 Å². The average Bonchev–Trinajstić information content (AvgIpc) is 3.12. The SMILES string of the molecule is O=c1cc2c(nn1CC1CN(Cc3nnc4n3CCCCC4)C1)CCC2. The molecule has 138 valence electrons. The van der Waals surface area contributed by atoms with Crippen molar-refractivity contribution >= 4 is 0 Å². The molecule has 7 nitrogen and oxygen atoms in total. The number of aryl methyl sites for hydroxylation is 3. The van der Waals surface area contributed by atoms with Gasteiger partial charge in [0.25, 0.3) is 5.56 Å². The van der Waals surface area contributed by atoms with Gasteiger partial charge in [-0.15, -0.1) is 10.2 Å². The molecule has 3 aliphatic rings. The molecule has 1 saturated heterocycles. The highest BCUT2D eigenvalue weighted by Crippen LogP contribution is 2.22. The highest BCUT2D eigenvalue weighted by Gasteiger charge is 2.29. The minimum Gasteiger partial charge on any atom is -0.314 e. The number of aromatic nitrogens is 5. The summed E-state index contributed by atoms with van der Waals surface area (Å²) < 4.78 is 4.02. The predicted octanol–water partition coefficient (Wildman–Crippen LogP) is 1.18. The summed E-state index contributed by atoms with van der Waals surface area (Å²) in [5.41, 5.74) is 2.35. The van der Waals surface area contributed by atoms with E-state index in [4.69, 9.17) is 0 Å². The van der Waals surface area contributed by atoms with Gasteiger partial charge in [-0.05, 0) is 37.7 Å². The van der Waals surface area contributed by atoms with Gasteiger partial charge in [0.15, 0.2) is 0 Å². The molecule has 2 aromatic heterocycles. The number of nitrogens with zero attached hydrogens (tertiary/aromatic N) is 6. The summed E-state index contributed by atoms with van der Waals surface area (Å²) in [4.78, 5) is 14.7. The van der Waals surface area contributed by atoms with Gasteiger partial charge in [-0.25, -0.2) is 4.68 Å². The lowest BCUT2D eigenvalue weighted by Crippen LogP contribution is -2.49. The van der Waals surface area contributed by atoms with Crippen LogP contribution in [0, 0.1) is 5.92 Å². The van der Waals surface area contributed by atoms with Gasteiger partial charge in [0.1, 0.15) is 11.6 Å². The van der Waals surface area contributed by atoms with Crippen LogP contribution in [0.3, 0.4) is 0 Å². The fourth-order valence-electron chi connectivity index (χ4n) is 4.60. The predicted molar refractivity (Wildman–Crippen MR) is 96.9 cm³/mol. The van der Waals surface area contributed by atoms with Gasteiger partial charge in [0, 0.05) is 38.0 Å². The monoisotopic (exact) mass is 354 g/mol. The third-order valence-electron chi connectivity index (χ3n) is 6.04. The first-order valence-corrected chi connectivity index (χ1v) is 9.99. The van der Waals surface area contributed by atoms with Crippen LogP contribution in [0.1, 0.15) is 48.6 Å². The first kappa shape index (κ1) is 16.2. The Labute approximate surface area is 153 Å². The molecule has 0 radical (unpaired) electrons. The van der Waals surface area contributed by atoms with E-state index in [1.807, 2.05) is 0 Å². The van der Waals surface area contributed by atoms with Crippen LogP contribution in [0.4, 0.5) is 0 Å². The van der Waals surface area contributed by atoms with Gasteiger partial charge in [0.05, 0.1) is 18.8 Å². The second-order valence-corrected chi connectivity index (χ2v) is 8.05. The Morgan fingerprint density at radius 2 is 1.96 bits per heavy atom. The van der Waals surface area contributed by atoms with E-state index >= 15 is 0 Å². The van der Waals surface area contributed by atoms with E-state index in [-0.39, 0.29) is 5.56 Å². The van der Waals surface area contributed by atoms with Crippen molar-refractivity contribution in [3.63, 3.8) is 0 Å². The lowest BCUT2D eigenvalue weighted by molar-refractivity contribution is 0.0726. The number of likely N-dealkylation sites (tertiary alicyclic amines) is 1. The zero-order chi connectivity index (χ0) is 17.5. The van der Waals surface area contributed by atoms with Crippen LogP contribution in [0.5, 0.6) is 0 Å².